The Morgan fingerprint density at radius 3 is 2.71 bits per heavy atom. The first-order chi connectivity index (χ1) is 13.0. The molecule has 2 aromatic rings. The predicted octanol–water partition coefficient (Wildman–Crippen LogP) is 3.02. The highest BCUT2D eigenvalue weighted by Gasteiger charge is 2.48. The molecule has 6 heteroatoms. The molecule has 1 N–H and O–H groups in total. The Morgan fingerprint density at radius 2 is 1.96 bits per heavy atom. The van der Waals surface area contributed by atoms with Crippen LogP contribution in [-0.2, 0) is 24.2 Å². The summed E-state index contributed by atoms with van der Waals surface area (Å²) in [6, 6.07) is 11.9. The number of likely N-dealkylation sites (tertiary alicyclic amines) is 1. The fourth-order valence-corrected chi connectivity index (χ4v) is 4.42. The first kappa shape index (κ1) is 20.6. The molecule has 1 aliphatic heterocycles. The monoisotopic (exact) mass is 401 g/mol. The lowest BCUT2D eigenvalue weighted by Crippen LogP contribution is -2.38. The lowest BCUT2D eigenvalue weighted by Gasteiger charge is -2.33. The molecule has 1 heterocycles. The zero-order valence-corrected chi connectivity index (χ0v) is 16.6. The smallest absolute Gasteiger partial charge is 0.229 e. The van der Waals surface area contributed by atoms with Gasteiger partial charge in [-0.05, 0) is 60.6 Å². The van der Waals surface area contributed by atoms with Crippen molar-refractivity contribution in [3.8, 4) is 0 Å². The first-order valence-corrected chi connectivity index (χ1v) is 9.30. The molecule has 0 unspecified atom stereocenters. The second-order valence-corrected chi connectivity index (χ2v) is 7.63. The van der Waals surface area contributed by atoms with E-state index >= 15 is 0 Å². The number of amides is 1. The number of benzene rings is 2. The zero-order valence-electron chi connectivity index (χ0n) is 15.6. The van der Waals surface area contributed by atoms with Crippen molar-refractivity contribution in [1.82, 2.24) is 4.90 Å². The minimum atomic E-state index is -0.510. The van der Waals surface area contributed by atoms with Crippen molar-refractivity contribution in [2.75, 3.05) is 13.2 Å². The summed E-state index contributed by atoms with van der Waals surface area (Å²) in [7, 11) is 0. The molecule has 1 aliphatic carbocycles. The number of Topliss-reactive ketones (excluding diaryl/α,β-unsaturated/α-hetero) is 1. The summed E-state index contributed by atoms with van der Waals surface area (Å²) in [4.78, 5) is 26.8. The van der Waals surface area contributed by atoms with Crippen LogP contribution in [0, 0.1) is 11.2 Å². The molecule has 2 aromatic carbocycles. The molecular weight excluding hydrogens is 377 g/mol. The van der Waals surface area contributed by atoms with Gasteiger partial charge in [-0.25, -0.2) is 4.39 Å². The Bertz CT molecular complexity index is 916. The molecule has 1 atom stereocenters. The number of aliphatic hydroxyl groups excluding tert-OH is 1. The number of fused-ring (bicyclic) bond motifs is 1. The number of aryl methyl sites for hydroxylation is 1. The first-order valence-electron chi connectivity index (χ1n) is 9.30. The van der Waals surface area contributed by atoms with E-state index in [0.717, 1.165) is 30.4 Å². The number of carbonyl (C=O) groups is 2. The molecule has 0 aromatic heterocycles. The van der Waals surface area contributed by atoms with Crippen LogP contribution < -0.4 is 0 Å². The van der Waals surface area contributed by atoms with Gasteiger partial charge in [-0.15, -0.1) is 0 Å². The second kappa shape index (κ2) is 8.05. The largest absolute Gasteiger partial charge is 0.388 e. The maximum absolute atomic E-state index is 13.4. The van der Waals surface area contributed by atoms with Crippen LogP contribution in [0.5, 0.6) is 0 Å². The number of carbonyl (C=O) groups excluding carboxylic acids is 2. The lowest BCUT2D eigenvalue weighted by atomic mass is 9.70. The number of rotatable bonds is 4. The van der Waals surface area contributed by atoms with E-state index in [9.17, 15) is 14.0 Å². The van der Waals surface area contributed by atoms with Crippen LogP contribution in [0.15, 0.2) is 42.5 Å². The molecule has 0 bridgehead atoms. The van der Waals surface area contributed by atoms with Crippen molar-refractivity contribution < 1.29 is 19.1 Å². The normalized spacial score (nSPS) is 20.8. The van der Waals surface area contributed by atoms with Crippen LogP contribution in [0.3, 0.4) is 0 Å². The van der Waals surface area contributed by atoms with Gasteiger partial charge in [-0.2, -0.15) is 13.5 Å². The van der Waals surface area contributed by atoms with Crippen molar-refractivity contribution in [3.63, 3.8) is 0 Å². The van der Waals surface area contributed by atoms with Crippen molar-refractivity contribution >= 4 is 25.2 Å². The molecule has 0 radical (unpaired) electrons. The van der Waals surface area contributed by atoms with E-state index in [1.807, 2.05) is 23.1 Å². The predicted molar refractivity (Wildman–Crippen MR) is 109 cm³/mol. The third kappa shape index (κ3) is 3.71. The minimum absolute atomic E-state index is 0. The van der Waals surface area contributed by atoms with E-state index < -0.39 is 12.0 Å². The summed E-state index contributed by atoms with van der Waals surface area (Å²) in [5.74, 6) is -0.472. The van der Waals surface area contributed by atoms with E-state index in [4.69, 9.17) is 5.11 Å². The minimum Gasteiger partial charge on any atom is -0.388 e. The standard InChI is InChI=1S/C22H22FNO3.H2S/c23-19-3-1-2-15(10-19)13-24-9-8-22(21(24)27)7-6-16-4-5-17(20(26)14-25)11-18(16)12-22;/h1-5,10-11,25H,6-9,12-14H2;1H2/t22-;/m1./s1. The molecule has 4 rings (SSSR count). The Balaban J connectivity index is 0.00000225. The summed E-state index contributed by atoms with van der Waals surface area (Å²) in [5.41, 5.74) is 3.07. The van der Waals surface area contributed by atoms with Gasteiger partial charge in [-0.3, -0.25) is 9.59 Å². The summed E-state index contributed by atoms with van der Waals surface area (Å²) in [5, 5.41) is 9.10. The summed E-state index contributed by atoms with van der Waals surface area (Å²) in [6.07, 6.45) is 3.00. The van der Waals surface area contributed by atoms with Gasteiger partial charge in [-0.1, -0.05) is 24.3 Å². The Hall–Kier alpha value is -2.18. The highest BCUT2D eigenvalue weighted by molar-refractivity contribution is 7.59. The van der Waals surface area contributed by atoms with Crippen LogP contribution >= 0.6 is 13.5 Å². The van der Waals surface area contributed by atoms with Gasteiger partial charge in [0, 0.05) is 18.7 Å². The average Bonchev–Trinajstić information content (AvgIpc) is 2.96. The Labute approximate surface area is 170 Å². The van der Waals surface area contributed by atoms with Crippen LogP contribution in [-0.4, -0.2) is 34.8 Å². The van der Waals surface area contributed by atoms with Gasteiger partial charge in [0.2, 0.25) is 5.91 Å². The van der Waals surface area contributed by atoms with Crippen molar-refractivity contribution in [3.05, 3.63) is 70.5 Å². The summed E-state index contributed by atoms with van der Waals surface area (Å²) < 4.78 is 13.4. The average molecular weight is 402 g/mol. The maximum atomic E-state index is 13.4. The highest BCUT2D eigenvalue weighted by atomic mass is 32.1. The topological polar surface area (TPSA) is 57.6 Å². The van der Waals surface area contributed by atoms with E-state index in [1.54, 1.807) is 12.1 Å². The van der Waals surface area contributed by atoms with E-state index in [2.05, 4.69) is 0 Å². The van der Waals surface area contributed by atoms with Crippen LogP contribution in [0.4, 0.5) is 4.39 Å². The Kier molecular flexibility index (Phi) is 5.91. The van der Waals surface area contributed by atoms with Crippen LogP contribution in [0.25, 0.3) is 0 Å². The molecule has 0 saturated carbocycles. The van der Waals surface area contributed by atoms with Crippen LogP contribution in [0.2, 0.25) is 0 Å². The molecule has 2 aliphatic rings. The molecule has 148 valence electrons. The third-order valence-corrected chi connectivity index (χ3v) is 5.94. The number of hydrogen-bond donors (Lipinski definition) is 1. The lowest BCUT2D eigenvalue weighted by molar-refractivity contribution is -0.137. The van der Waals surface area contributed by atoms with E-state index in [1.165, 1.54) is 17.7 Å². The SMILES string of the molecule is O=C(CO)c1ccc2c(c1)C[C@@]1(CC2)CCN(Cc2cccc(F)c2)C1=O.S. The number of aliphatic hydroxyl groups is 1. The van der Waals surface area contributed by atoms with Crippen molar-refractivity contribution in [1.29, 1.82) is 0 Å². The molecule has 1 saturated heterocycles. The zero-order chi connectivity index (χ0) is 19.0. The molecule has 1 amide bonds. The van der Waals surface area contributed by atoms with E-state index in [-0.39, 0.29) is 31.0 Å². The third-order valence-electron chi connectivity index (χ3n) is 5.94. The fraction of sp³-hybridized carbons (Fsp3) is 0.364. The Morgan fingerprint density at radius 1 is 1.14 bits per heavy atom. The van der Waals surface area contributed by atoms with Gasteiger partial charge in [0.1, 0.15) is 12.4 Å². The number of hydrogen-bond acceptors (Lipinski definition) is 3. The summed E-state index contributed by atoms with van der Waals surface area (Å²) >= 11 is 0. The molecule has 1 fully saturated rings. The fourth-order valence-electron chi connectivity index (χ4n) is 4.42. The quantitative estimate of drug-likeness (QED) is 0.802. The molecule has 28 heavy (non-hydrogen) atoms. The highest BCUT2D eigenvalue weighted by Crippen LogP contribution is 2.44. The number of halogens is 1. The summed E-state index contributed by atoms with van der Waals surface area (Å²) in [6.45, 7) is 0.582. The van der Waals surface area contributed by atoms with Crippen LogP contribution in [0.1, 0.15) is 39.9 Å². The van der Waals surface area contributed by atoms with Gasteiger partial charge in [0.15, 0.2) is 5.78 Å². The maximum Gasteiger partial charge on any atom is 0.229 e. The molecular formula is C22H24FNO3S. The van der Waals surface area contributed by atoms with Gasteiger partial charge in [0.05, 0.1) is 5.41 Å². The van der Waals surface area contributed by atoms with Crippen molar-refractivity contribution in [2.45, 2.75) is 32.2 Å². The van der Waals surface area contributed by atoms with Gasteiger partial charge in [0.25, 0.3) is 0 Å². The van der Waals surface area contributed by atoms with Gasteiger partial charge < -0.3 is 10.0 Å². The number of ketones is 1. The molecule has 1 spiro atoms. The second-order valence-electron chi connectivity index (χ2n) is 7.63. The van der Waals surface area contributed by atoms with E-state index in [0.29, 0.717) is 25.1 Å². The number of nitrogens with zero attached hydrogens (tertiary/aromatic N) is 1. The van der Waals surface area contributed by atoms with Gasteiger partial charge >= 0.3 is 0 Å². The molecule has 4 nitrogen and oxygen atoms in total. The van der Waals surface area contributed by atoms with Crippen molar-refractivity contribution in [2.24, 2.45) is 5.41 Å².